The predicted octanol–water partition coefficient (Wildman–Crippen LogP) is 5.74. The lowest BCUT2D eigenvalue weighted by atomic mass is 9.95. The summed E-state index contributed by atoms with van der Waals surface area (Å²) in [5.74, 6) is -0.355. The zero-order valence-corrected chi connectivity index (χ0v) is 24.8. The van der Waals surface area contributed by atoms with Crippen LogP contribution in [0, 0.1) is 0 Å². The normalized spacial score (nSPS) is 11.5. The molecule has 2 aromatic carbocycles. The Bertz CT molecular complexity index is 842. The number of carbonyl (C=O) groups is 2. The van der Waals surface area contributed by atoms with Crippen molar-refractivity contribution in [2.24, 2.45) is 5.73 Å². The molecule has 6 N–H and O–H groups in total. The van der Waals surface area contributed by atoms with E-state index in [2.05, 4.69) is 81.5 Å². The first-order valence-electron chi connectivity index (χ1n) is 14.2. The molecule has 0 amide bonds. The molecule has 7 nitrogen and oxygen atoms in total. The van der Waals surface area contributed by atoms with Crippen LogP contribution in [0.25, 0.3) is 0 Å². The SMILES string of the molecule is CC(C)c1ccc(CCC(CCc2ccc(C(C)C)cc2)NCC(O)CN)cc1.CCC(=O)O.CCC(=O)O. The molecule has 0 fully saturated rings. The molecule has 0 spiro atoms. The number of aliphatic hydroxyl groups excluding tert-OH is 1. The molecule has 0 bridgehead atoms. The highest BCUT2D eigenvalue weighted by Gasteiger charge is 2.12. The standard InChI is InChI=1S/C26H40N2O.2C3H6O2/c1-19(2)23-11-5-21(6-12-23)9-15-25(28-18-26(29)17-27)16-10-22-7-13-24(14-8-22)20(3)4;2*1-2-3(4)5/h5-8,11-14,19-20,25-26,28-29H,9-10,15-18,27H2,1-4H3;2*2H2,1H3,(H,4,5). The minimum atomic E-state index is -0.745. The molecule has 0 aliphatic carbocycles. The summed E-state index contributed by atoms with van der Waals surface area (Å²) in [6, 6.07) is 18.4. The minimum absolute atomic E-state index is 0.222. The van der Waals surface area contributed by atoms with Gasteiger partial charge in [0.2, 0.25) is 0 Å². The first-order valence-corrected chi connectivity index (χ1v) is 14.2. The van der Waals surface area contributed by atoms with Crippen molar-refractivity contribution >= 4 is 11.9 Å². The minimum Gasteiger partial charge on any atom is -0.481 e. The largest absolute Gasteiger partial charge is 0.481 e. The lowest BCUT2D eigenvalue weighted by Gasteiger charge is -2.21. The monoisotopic (exact) mass is 544 g/mol. The molecule has 0 aromatic heterocycles. The summed E-state index contributed by atoms with van der Waals surface area (Å²) in [5, 5.41) is 28.8. The average Bonchev–Trinajstić information content (AvgIpc) is 2.93. The number of aryl methyl sites for hydroxylation is 2. The lowest BCUT2D eigenvalue weighted by molar-refractivity contribution is -0.137. The molecular formula is C32H52N2O5. The summed E-state index contributed by atoms with van der Waals surface area (Å²) in [6.45, 7) is 13.0. The van der Waals surface area contributed by atoms with E-state index in [-0.39, 0.29) is 12.8 Å². The van der Waals surface area contributed by atoms with Crippen LogP contribution in [0.5, 0.6) is 0 Å². The van der Waals surface area contributed by atoms with Crippen LogP contribution in [0.3, 0.4) is 0 Å². The highest BCUT2D eigenvalue weighted by Crippen LogP contribution is 2.18. The molecule has 0 saturated heterocycles. The Morgan fingerprint density at radius 1 is 0.744 bits per heavy atom. The maximum atomic E-state index is 9.85. The summed E-state index contributed by atoms with van der Waals surface area (Å²) in [6.07, 6.45) is 4.17. The summed E-state index contributed by atoms with van der Waals surface area (Å²) in [5.41, 5.74) is 11.1. The topological polar surface area (TPSA) is 133 Å². The van der Waals surface area contributed by atoms with E-state index in [1.807, 2.05) is 0 Å². The highest BCUT2D eigenvalue weighted by molar-refractivity contribution is 5.66. The number of carboxylic acid groups (broad SMARTS) is 2. The Balaban J connectivity index is 0.00000123. The van der Waals surface area contributed by atoms with Crippen LogP contribution in [-0.4, -0.2) is 52.5 Å². The number of nitrogens with one attached hydrogen (secondary N) is 1. The van der Waals surface area contributed by atoms with Crippen molar-refractivity contribution in [2.75, 3.05) is 13.1 Å². The molecule has 0 radical (unpaired) electrons. The van der Waals surface area contributed by atoms with E-state index in [9.17, 15) is 14.7 Å². The Kier molecular flexibility index (Phi) is 19.6. The van der Waals surface area contributed by atoms with E-state index in [0.717, 1.165) is 25.7 Å². The lowest BCUT2D eigenvalue weighted by Crippen LogP contribution is -2.39. The van der Waals surface area contributed by atoms with Gasteiger partial charge < -0.3 is 26.4 Å². The second kappa shape index (κ2) is 21.1. The van der Waals surface area contributed by atoms with E-state index >= 15 is 0 Å². The molecule has 7 heteroatoms. The van der Waals surface area contributed by atoms with E-state index in [0.29, 0.717) is 31.0 Å². The molecule has 2 aromatic rings. The van der Waals surface area contributed by atoms with E-state index < -0.39 is 18.0 Å². The van der Waals surface area contributed by atoms with Gasteiger partial charge in [-0.2, -0.15) is 0 Å². The zero-order valence-electron chi connectivity index (χ0n) is 24.8. The van der Waals surface area contributed by atoms with Gasteiger partial charge in [0.25, 0.3) is 0 Å². The third-order valence-corrected chi connectivity index (χ3v) is 6.37. The van der Waals surface area contributed by atoms with Gasteiger partial charge in [-0.15, -0.1) is 0 Å². The maximum Gasteiger partial charge on any atom is 0.303 e. The molecule has 0 aliphatic heterocycles. The van der Waals surface area contributed by atoms with Gasteiger partial charge in [0.1, 0.15) is 0 Å². The fourth-order valence-corrected chi connectivity index (χ4v) is 3.55. The third-order valence-electron chi connectivity index (χ3n) is 6.37. The van der Waals surface area contributed by atoms with Crippen molar-refractivity contribution in [3.05, 3.63) is 70.8 Å². The van der Waals surface area contributed by atoms with E-state index in [1.165, 1.54) is 22.3 Å². The fourth-order valence-electron chi connectivity index (χ4n) is 3.55. The Hall–Kier alpha value is -2.74. The molecule has 0 aliphatic rings. The zero-order chi connectivity index (χ0) is 29.8. The van der Waals surface area contributed by atoms with Crippen LogP contribution >= 0.6 is 0 Å². The molecule has 220 valence electrons. The number of carboxylic acids is 2. The third kappa shape index (κ3) is 18.2. The second-order valence-electron chi connectivity index (χ2n) is 10.4. The number of benzene rings is 2. The van der Waals surface area contributed by atoms with E-state index in [1.54, 1.807) is 13.8 Å². The van der Waals surface area contributed by atoms with Crippen molar-refractivity contribution in [1.82, 2.24) is 5.32 Å². The molecule has 1 atom stereocenters. The second-order valence-corrected chi connectivity index (χ2v) is 10.4. The van der Waals surface area contributed by atoms with E-state index in [4.69, 9.17) is 15.9 Å². The molecule has 0 saturated carbocycles. The van der Waals surface area contributed by atoms with Crippen LogP contribution in [0.2, 0.25) is 0 Å². The van der Waals surface area contributed by atoms with Gasteiger partial charge in [-0.05, 0) is 59.8 Å². The first kappa shape index (κ1) is 36.3. The first-order chi connectivity index (χ1) is 18.4. The number of hydrogen-bond donors (Lipinski definition) is 5. The summed E-state index contributed by atoms with van der Waals surface area (Å²) < 4.78 is 0. The quantitative estimate of drug-likeness (QED) is 0.205. The van der Waals surface area contributed by atoms with Crippen molar-refractivity contribution in [3.63, 3.8) is 0 Å². The van der Waals surface area contributed by atoms with Crippen molar-refractivity contribution in [3.8, 4) is 0 Å². The van der Waals surface area contributed by atoms with Crippen LogP contribution in [0.1, 0.15) is 101 Å². The van der Waals surface area contributed by atoms with Crippen LogP contribution in [0.15, 0.2) is 48.5 Å². The number of aliphatic carboxylic acids is 2. The predicted molar refractivity (Wildman–Crippen MR) is 160 cm³/mol. The van der Waals surface area contributed by atoms with Gasteiger partial charge in [0, 0.05) is 32.0 Å². The number of aliphatic hydroxyl groups is 1. The van der Waals surface area contributed by atoms with Crippen LogP contribution in [-0.2, 0) is 22.4 Å². The number of rotatable bonds is 14. The molecule has 39 heavy (non-hydrogen) atoms. The Morgan fingerprint density at radius 3 is 1.33 bits per heavy atom. The highest BCUT2D eigenvalue weighted by atomic mass is 16.4. The molecular weight excluding hydrogens is 492 g/mol. The number of nitrogens with two attached hydrogens (primary N) is 1. The average molecular weight is 545 g/mol. The Morgan fingerprint density at radius 2 is 1.08 bits per heavy atom. The van der Waals surface area contributed by atoms with Gasteiger partial charge >= 0.3 is 11.9 Å². The van der Waals surface area contributed by atoms with Crippen LogP contribution in [0.4, 0.5) is 0 Å². The summed E-state index contributed by atoms with van der Waals surface area (Å²) in [4.78, 5) is 18.7. The summed E-state index contributed by atoms with van der Waals surface area (Å²) >= 11 is 0. The van der Waals surface area contributed by atoms with Gasteiger partial charge in [-0.25, -0.2) is 0 Å². The maximum absolute atomic E-state index is 9.85. The van der Waals surface area contributed by atoms with Gasteiger partial charge in [-0.1, -0.05) is 90.1 Å². The fraction of sp³-hybridized carbons (Fsp3) is 0.562. The van der Waals surface area contributed by atoms with Gasteiger partial charge in [-0.3, -0.25) is 9.59 Å². The van der Waals surface area contributed by atoms with Gasteiger partial charge in [0.15, 0.2) is 0 Å². The van der Waals surface area contributed by atoms with Crippen molar-refractivity contribution in [2.45, 2.75) is 104 Å². The Labute approximate surface area is 235 Å². The smallest absolute Gasteiger partial charge is 0.303 e. The van der Waals surface area contributed by atoms with Crippen LogP contribution < -0.4 is 11.1 Å². The molecule has 2 rings (SSSR count). The van der Waals surface area contributed by atoms with Gasteiger partial charge in [0.05, 0.1) is 6.10 Å². The van der Waals surface area contributed by atoms with Crippen molar-refractivity contribution < 1.29 is 24.9 Å². The van der Waals surface area contributed by atoms with Crippen molar-refractivity contribution in [1.29, 1.82) is 0 Å². The summed E-state index contributed by atoms with van der Waals surface area (Å²) in [7, 11) is 0. The molecule has 1 unspecified atom stereocenters. The molecule has 0 heterocycles. The number of hydrogen-bond acceptors (Lipinski definition) is 5.